The summed E-state index contributed by atoms with van der Waals surface area (Å²) in [6.45, 7) is 2.06. The summed E-state index contributed by atoms with van der Waals surface area (Å²) in [5.41, 5.74) is -2.84. The second-order valence-electron chi connectivity index (χ2n) is 4.46. The number of hydrogen-bond donors (Lipinski definition) is 2. The predicted octanol–water partition coefficient (Wildman–Crippen LogP) is -5.36. The van der Waals surface area contributed by atoms with E-state index in [1.807, 2.05) is 4.93 Å². The molecule has 4 unspecified atom stereocenters. The van der Waals surface area contributed by atoms with E-state index in [4.69, 9.17) is 4.74 Å². The van der Waals surface area contributed by atoms with Crippen molar-refractivity contribution in [2.24, 2.45) is 0 Å². The molecule has 0 aromatic heterocycles. The molecule has 1 rings (SSSR count). The molecule has 1 saturated heterocycles. The van der Waals surface area contributed by atoms with Gasteiger partial charge in [0.05, 0.1) is 0 Å². The zero-order valence-electron chi connectivity index (χ0n) is 10.6. The maximum absolute atomic E-state index is 12.5. The molecule has 116 valence electrons. The molecule has 1 heterocycles. The number of ether oxygens (including phenoxy) is 1. The van der Waals surface area contributed by atoms with Gasteiger partial charge in [0.15, 0.2) is 0 Å². The van der Waals surface area contributed by atoms with Gasteiger partial charge in [0.25, 0.3) is 0 Å². The molecule has 9 heteroatoms. The van der Waals surface area contributed by atoms with Crippen LogP contribution in [0.5, 0.6) is 0 Å². The van der Waals surface area contributed by atoms with Crippen LogP contribution in [0.4, 0.5) is 13.2 Å². The molecular formula is C10H16F3I2NO3-2. The van der Waals surface area contributed by atoms with E-state index in [2.05, 4.69) is 3.53 Å². The van der Waals surface area contributed by atoms with Crippen LogP contribution in [0.25, 0.3) is 0 Å². The van der Waals surface area contributed by atoms with Gasteiger partial charge in [0, 0.05) is 0 Å². The summed E-state index contributed by atoms with van der Waals surface area (Å²) >= 11 is -0.491. The topological polar surface area (TPSA) is 68.5 Å². The van der Waals surface area contributed by atoms with E-state index in [1.54, 1.807) is 0 Å². The number of esters is 1. The molecule has 4 nitrogen and oxygen atoms in total. The van der Waals surface area contributed by atoms with Crippen LogP contribution in [0.3, 0.4) is 0 Å². The quantitative estimate of drug-likeness (QED) is 0.0939. The van der Waals surface area contributed by atoms with Gasteiger partial charge in [0.2, 0.25) is 0 Å². The van der Waals surface area contributed by atoms with Crippen molar-refractivity contribution >= 4 is 5.97 Å². The minimum atomic E-state index is -4.73. The van der Waals surface area contributed by atoms with Gasteiger partial charge >= 0.3 is 131 Å². The fourth-order valence-electron chi connectivity index (χ4n) is 1.45. The summed E-state index contributed by atoms with van der Waals surface area (Å²) in [6.07, 6.45) is -6.34. The molecule has 0 amide bonds. The van der Waals surface area contributed by atoms with Gasteiger partial charge in [-0.3, -0.25) is 0 Å². The van der Waals surface area contributed by atoms with Gasteiger partial charge in [-0.25, -0.2) is 0 Å². The molecular weight excluding hydrogens is 493 g/mol. The average Bonchev–Trinajstić information content (AvgIpc) is 2.99. The minimum absolute atomic E-state index is 0.131. The van der Waals surface area contributed by atoms with Crippen molar-refractivity contribution in [3.05, 3.63) is 0 Å². The average molecular weight is 509 g/mol. The first kappa shape index (κ1) is 17.7. The zero-order chi connectivity index (χ0) is 14.8. The molecule has 1 aliphatic heterocycles. The van der Waals surface area contributed by atoms with E-state index in [0.717, 1.165) is 0 Å². The van der Waals surface area contributed by atoms with Crippen molar-refractivity contribution in [3.63, 3.8) is 0 Å². The third-order valence-electron chi connectivity index (χ3n) is 2.57. The molecule has 0 aromatic carbocycles. The number of carbonyl (C=O) groups excluding carboxylic acids is 1. The number of alkyl halides is 6. The summed E-state index contributed by atoms with van der Waals surface area (Å²) in [5.74, 6) is -0.435. The Hall–Kier alpha value is 0.640. The Morgan fingerprint density at radius 2 is 2.11 bits per heavy atom. The predicted molar refractivity (Wildman–Crippen MR) is 53.5 cm³/mol. The monoisotopic (exact) mass is 509 g/mol. The number of halogens is 5. The third kappa shape index (κ3) is 5.16. The van der Waals surface area contributed by atoms with Gasteiger partial charge < -0.3 is 0 Å². The number of rotatable bonds is 6. The molecule has 0 radical (unpaired) electrons. The van der Waals surface area contributed by atoms with Crippen molar-refractivity contribution in [1.29, 1.82) is 0 Å². The Morgan fingerprint density at radius 1 is 1.58 bits per heavy atom. The summed E-state index contributed by atoms with van der Waals surface area (Å²) in [5, 5.41) is 9.34. The van der Waals surface area contributed by atoms with Crippen molar-refractivity contribution in [1.82, 2.24) is 3.53 Å². The standard InChI is InChI=1S/C10H16F3I2NO3/c1-5(4-9(2,18)10(11,12)13)19-8(17)6(14-3)7-15-16-7/h5-7,16,18H,4H2,1-3H3/q-2. The Morgan fingerprint density at radius 3 is 2.47 bits per heavy atom. The van der Waals surface area contributed by atoms with E-state index in [-0.39, 0.29) is 50.7 Å². The van der Waals surface area contributed by atoms with Crippen molar-refractivity contribution in [3.8, 4) is 0 Å². The van der Waals surface area contributed by atoms with Crippen LogP contribution in [-0.2, 0) is 9.53 Å². The first-order valence-electron chi connectivity index (χ1n) is 5.44. The first-order valence-corrected chi connectivity index (χ1v) is 11.2. The molecule has 0 bridgehead atoms. The van der Waals surface area contributed by atoms with Crippen molar-refractivity contribution < 1.29 is 70.5 Å². The van der Waals surface area contributed by atoms with E-state index in [9.17, 15) is 23.1 Å². The van der Waals surface area contributed by atoms with Gasteiger partial charge in [-0.2, -0.15) is 0 Å². The number of carbonyl (C=O) groups is 1. The van der Waals surface area contributed by atoms with Gasteiger partial charge in [-0.15, -0.1) is 0 Å². The Bertz CT molecular complexity index is 334. The van der Waals surface area contributed by atoms with Crippen LogP contribution in [0.15, 0.2) is 0 Å². The third-order valence-corrected chi connectivity index (χ3v) is 8.57. The van der Waals surface area contributed by atoms with Gasteiger partial charge in [-0.05, 0) is 0 Å². The first-order chi connectivity index (χ1) is 8.58. The molecule has 0 aromatic rings. The molecule has 0 saturated carbocycles. The molecule has 2 N–H and O–H groups in total. The van der Waals surface area contributed by atoms with Crippen LogP contribution in [-0.4, -0.2) is 41.9 Å². The van der Waals surface area contributed by atoms with Crippen LogP contribution in [0, 0.1) is 0 Å². The molecule has 0 aliphatic carbocycles. The fraction of sp³-hybridized carbons (Fsp3) is 0.900. The zero-order valence-corrected chi connectivity index (χ0v) is 14.9. The van der Waals surface area contributed by atoms with Gasteiger partial charge in [-0.1, -0.05) is 0 Å². The molecule has 4 atom stereocenters. The van der Waals surface area contributed by atoms with E-state index in [1.165, 1.54) is 6.92 Å². The Balaban J connectivity index is 2.50. The van der Waals surface area contributed by atoms with Crippen LogP contribution in [0.2, 0.25) is 0 Å². The Kier molecular flexibility index (Phi) is 6.15. The fourth-order valence-corrected chi connectivity index (χ4v) is 7.51. The van der Waals surface area contributed by atoms with Crippen LogP contribution in [0.1, 0.15) is 20.3 Å². The van der Waals surface area contributed by atoms with Crippen LogP contribution < -0.4 is 46.2 Å². The molecule has 19 heavy (non-hydrogen) atoms. The SMILES string of the molecule is C[I-]C(C(=O)OC(C)CC(C)(O)C(F)(F)F)C1N[I-]1. The number of aliphatic hydroxyl groups is 1. The molecule has 0 spiro atoms. The van der Waals surface area contributed by atoms with E-state index >= 15 is 0 Å². The summed E-state index contributed by atoms with van der Waals surface area (Å²) in [6, 6.07) is 0. The maximum atomic E-state index is 12.5. The summed E-state index contributed by atoms with van der Waals surface area (Å²) < 4.78 is 45.7. The van der Waals surface area contributed by atoms with Crippen molar-refractivity contribution in [2.45, 2.75) is 46.1 Å². The summed E-state index contributed by atoms with van der Waals surface area (Å²) in [7, 11) is 0. The second kappa shape index (κ2) is 6.60. The number of hydrogen-bond acceptors (Lipinski definition) is 4. The molecule has 1 aliphatic rings. The Labute approximate surface area is 130 Å². The van der Waals surface area contributed by atoms with Crippen molar-refractivity contribution in [2.75, 3.05) is 4.93 Å². The summed E-state index contributed by atoms with van der Waals surface area (Å²) in [4.78, 5) is 13.8. The van der Waals surface area contributed by atoms with Crippen LogP contribution >= 0.6 is 0 Å². The second-order valence-corrected chi connectivity index (χ2v) is 9.64. The molecule has 1 fully saturated rings. The normalized spacial score (nSPS) is 25.9. The van der Waals surface area contributed by atoms with Gasteiger partial charge in [0.1, 0.15) is 0 Å². The number of nitrogens with one attached hydrogen (secondary N) is 1. The van der Waals surface area contributed by atoms with E-state index in [0.29, 0.717) is 6.92 Å². The van der Waals surface area contributed by atoms with E-state index < -0.39 is 30.3 Å².